The number of nitrogens with one attached hydrogen (secondary N) is 1. The van der Waals surface area contributed by atoms with E-state index in [-0.39, 0.29) is 11.8 Å². The van der Waals surface area contributed by atoms with E-state index in [1.807, 2.05) is 12.1 Å². The maximum absolute atomic E-state index is 12.0. The van der Waals surface area contributed by atoms with Crippen LogP contribution in [-0.2, 0) is 22.4 Å². The first-order valence-electron chi connectivity index (χ1n) is 6.21. The lowest BCUT2D eigenvalue weighted by molar-refractivity contribution is -0.123. The number of hydrogen-bond acceptors (Lipinski definition) is 3. The van der Waals surface area contributed by atoms with Crippen LogP contribution >= 0.6 is 0 Å². The monoisotopic (exact) mass is 233 g/mol. The molecule has 3 nitrogen and oxygen atoms in total. The van der Waals surface area contributed by atoms with Crippen LogP contribution in [0, 0.1) is 0 Å². The van der Waals surface area contributed by atoms with E-state index in [0.717, 1.165) is 18.5 Å². The van der Waals surface area contributed by atoms with Crippen LogP contribution in [0.4, 0.5) is 0 Å². The average molecular weight is 233 g/mol. The summed E-state index contributed by atoms with van der Waals surface area (Å²) < 4.78 is 5.29. The van der Waals surface area contributed by atoms with E-state index in [1.54, 1.807) is 0 Å². The summed E-state index contributed by atoms with van der Waals surface area (Å²) in [6.45, 7) is 4.11. The van der Waals surface area contributed by atoms with Crippen LogP contribution in [0.1, 0.15) is 18.1 Å². The third-order valence-corrected chi connectivity index (χ3v) is 3.12. The highest BCUT2D eigenvalue weighted by atomic mass is 16.5. The first-order chi connectivity index (χ1) is 8.29. The minimum absolute atomic E-state index is 0.130. The molecule has 0 amide bonds. The highest BCUT2D eigenvalue weighted by Gasteiger charge is 2.20. The summed E-state index contributed by atoms with van der Waals surface area (Å²) in [6.07, 6.45) is 1.53. The van der Waals surface area contributed by atoms with Crippen molar-refractivity contribution in [2.24, 2.45) is 0 Å². The van der Waals surface area contributed by atoms with Crippen molar-refractivity contribution >= 4 is 5.78 Å². The van der Waals surface area contributed by atoms with Crippen LogP contribution in [0.25, 0.3) is 0 Å². The van der Waals surface area contributed by atoms with Crippen molar-refractivity contribution in [3.05, 3.63) is 35.4 Å². The second kappa shape index (κ2) is 5.94. The Labute approximate surface area is 102 Å². The van der Waals surface area contributed by atoms with E-state index in [9.17, 15) is 4.79 Å². The molecule has 0 bridgehead atoms. The van der Waals surface area contributed by atoms with Crippen LogP contribution < -0.4 is 5.32 Å². The number of morpholine rings is 1. The van der Waals surface area contributed by atoms with Gasteiger partial charge in [-0.1, -0.05) is 31.2 Å². The molecule has 1 aromatic rings. The summed E-state index contributed by atoms with van der Waals surface area (Å²) in [5, 5.41) is 3.19. The lowest BCUT2D eigenvalue weighted by Gasteiger charge is -2.22. The van der Waals surface area contributed by atoms with Crippen LogP contribution in [0.15, 0.2) is 24.3 Å². The molecular formula is C14H19NO2. The maximum Gasteiger partial charge on any atom is 0.156 e. The van der Waals surface area contributed by atoms with Crippen molar-refractivity contribution in [2.45, 2.75) is 25.8 Å². The topological polar surface area (TPSA) is 38.3 Å². The standard InChI is InChI=1S/C14H19NO2/c1-2-11-3-5-12(6-4-11)9-14(16)13-10-17-8-7-15-13/h3-6,13,15H,2,7-10H2,1H3. The van der Waals surface area contributed by atoms with Gasteiger partial charge in [-0.2, -0.15) is 0 Å². The molecule has 1 heterocycles. The molecule has 1 aromatic carbocycles. The highest BCUT2D eigenvalue weighted by molar-refractivity contribution is 5.86. The summed E-state index contributed by atoms with van der Waals surface area (Å²) in [5.41, 5.74) is 2.39. The number of ketones is 1. The number of ether oxygens (including phenoxy) is 1. The van der Waals surface area contributed by atoms with Gasteiger partial charge in [0.05, 0.1) is 19.3 Å². The Kier molecular flexibility index (Phi) is 4.29. The maximum atomic E-state index is 12.0. The molecule has 1 N–H and O–H groups in total. The minimum atomic E-state index is -0.130. The fourth-order valence-corrected chi connectivity index (χ4v) is 1.99. The normalized spacial score (nSPS) is 20.2. The quantitative estimate of drug-likeness (QED) is 0.853. The molecule has 1 atom stereocenters. The summed E-state index contributed by atoms with van der Waals surface area (Å²) >= 11 is 0. The van der Waals surface area contributed by atoms with Crippen molar-refractivity contribution < 1.29 is 9.53 Å². The molecular weight excluding hydrogens is 214 g/mol. The van der Waals surface area contributed by atoms with E-state index >= 15 is 0 Å². The number of benzene rings is 1. The number of Topliss-reactive ketones (excluding diaryl/α,β-unsaturated/α-hetero) is 1. The van der Waals surface area contributed by atoms with E-state index in [2.05, 4.69) is 24.4 Å². The largest absolute Gasteiger partial charge is 0.378 e. The summed E-state index contributed by atoms with van der Waals surface area (Å²) in [5.74, 6) is 0.217. The summed E-state index contributed by atoms with van der Waals surface area (Å²) in [4.78, 5) is 12.0. The van der Waals surface area contributed by atoms with Crippen LogP contribution in [0.2, 0.25) is 0 Å². The van der Waals surface area contributed by atoms with E-state index < -0.39 is 0 Å². The number of rotatable bonds is 4. The molecule has 1 saturated heterocycles. The molecule has 0 aromatic heterocycles. The van der Waals surface area contributed by atoms with Crippen LogP contribution in [-0.4, -0.2) is 31.6 Å². The molecule has 1 aliphatic heterocycles. The first kappa shape index (κ1) is 12.3. The lowest BCUT2D eigenvalue weighted by Crippen LogP contribution is -2.47. The van der Waals surface area contributed by atoms with Crippen molar-refractivity contribution in [1.29, 1.82) is 0 Å². The second-order valence-electron chi connectivity index (χ2n) is 4.39. The summed E-state index contributed by atoms with van der Waals surface area (Å²) in [6, 6.07) is 8.14. The zero-order valence-electron chi connectivity index (χ0n) is 10.2. The lowest BCUT2D eigenvalue weighted by atomic mass is 10.0. The molecule has 0 radical (unpaired) electrons. The second-order valence-corrected chi connectivity index (χ2v) is 4.39. The van der Waals surface area contributed by atoms with Crippen molar-refractivity contribution in [1.82, 2.24) is 5.32 Å². The van der Waals surface area contributed by atoms with E-state index in [0.29, 0.717) is 19.6 Å². The van der Waals surface area contributed by atoms with E-state index in [1.165, 1.54) is 5.56 Å². The number of aryl methyl sites for hydroxylation is 1. The van der Waals surface area contributed by atoms with Gasteiger partial charge in [-0.15, -0.1) is 0 Å². The molecule has 92 valence electrons. The van der Waals surface area contributed by atoms with Gasteiger partial charge in [-0.25, -0.2) is 0 Å². The van der Waals surface area contributed by atoms with E-state index in [4.69, 9.17) is 4.74 Å². The smallest absolute Gasteiger partial charge is 0.156 e. The predicted molar refractivity (Wildman–Crippen MR) is 67.1 cm³/mol. The molecule has 3 heteroatoms. The molecule has 0 spiro atoms. The molecule has 2 rings (SSSR count). The number of carbonyl (C=O) groups excluding carboxylic acids is 1. The van der Waals surface area contributed by atoms with Gasteiger partial charge in [0.1, 0.15) is 0 Å². The molecule has 17 heavy (non-hydrogen) atoms. The van der Waals surface area contributed by atoms with Gasteiger partial charge in [0, 0.05) is 13.0 Å². The van der Waals surface area contributed by atoms with Gasteiger partial charge >= 0.3 is 0 Å². The molecule has 1 fully saturated rings. The Morgan fingerprint density at radius 1 is 1.35 bits per heavy atom. The molecule has 1 unspecified atom stereocenters. The Hall–Kier alpha value is -1.19. The molecule has 1 aliphatic rings. The Morgan fingerprint density at radius 3 is 2.65 bits per heavy atom. The van der Waals surface area contributed by atoms with Crippen molar-refractivity contribution in [3.63, 3.8) is 0 Å². The Morgan fingerprint density at radius 2 is 2.06 bits per heavy atom. The molecule has 0 aliphatic carbocycles. The SMILES string of the molecule is CCc1ccc(CC(=O)C2COCCN2)cc1. The Bertz CT molecular complexity index is 366. The van der Waals surface area contributed by atoms with Crippen LogP contribution in [0.3, 0.4) is 0 Å². The summed E-state index contributed by atoms with van der Waals surface area (Å²) in [7, 11) is 0. The average Bonchev–Trinajstić information content (AvgIpc) is 2.40. The zero-order chi connectivity index (χ0) is 12.1. The van der Waals surface area contributed by atoms with Crippen molar-refractivity contribution in [3.8, 4) is 0 Å². The third kappa shape index (κ3) is 3.38. The Balaban J connectivity index is 1.92. The number of carbonyl (C=O) groups is 1. The first-order valence-corrected chi connectivity index (χ1v) is 6.21. The number of hydrogen-bond donors (Lipinski definition) is 1. The zero-order valence-corrected chi connectivity index (χ0v) is 10.2. The van der Waals surface area contributed by atoms with Gasteiger partial charge in [-0.3, -0.25) is 4.79 Å². The van der Waals surface area contributed by atoms with Gasteiger partial charge in [0.15, 0.2) is 5.78 Å². The van der Waals surface area contributed by atoms with Gasteiger partial charge in [0.2, 0.25) is 0 Å². The van der Waals surface area contributed by atoms with Gasteiger partial charge in [0.25, 0.3) is 0 Å². The van der Waals surface area contributed by atoms with Gasteiger partial charge in [-0.05, 0) is 17.5 Å². The third-order valence-electron chi connectivity index (χ3n) is 3.12. The fourth-order valence-electron chi connectivity index (χ4n) is 1.99. The molecule has 0 saturated carbocycles. The van der Waals surface area contributed by atoms with Crippen LogP contribution in [0.5, 0.6) is 0 Å². The fraction of sp³-hybridized carbons (Fsp3) is 0.500. The highest BCUT2D eigenvalue weighted by Crippen LogP contribution is 2.08. The minimum Gasteiger partial charge on any atom is -0.378 e. The van der Waals surface area contributed by atoms with Crippen molar-refractivity contribution in [2.75, 3.05) is 19.8 Å². The predicted octanol–water partition coefficient (Wildman–Crippen LogP) is 1.35. The van der Waals surface area contributed by atoms with Gasteiger partial charge < -0.3 is 10.1 Å².